The molecule has 4 nitrogen and oxygen atoms in total. The number of rotatable bonds is 6. The molecule has 4 heteroatoms. The number of benzene rings is 1. The number of aliphatic hydroxyl groups is 1. The van der Waals surface area contributed by atoms with Crippen LogP contribution in [0.15, 0.2) is 24.3 Å². The van der Waals surface area contributed by atoms with Crippen LogP contribution < -0.4 is 5.32 Å². The maximum atomic E-state index is 12.5. The first kappa shape index (κ1) is 16.8. The molecule has 2 amide bonds. The predicted molar refractivity (Wildman–Crippen MR) is 90.1 cm³/mol. The van der Waals surface area contributed by atoms with Crippen LogP contribution in [0.25, 0.3) is 0 Å². The normalized spacial score (nSPS) is 16.2. The molecule has 0 aromatic heterocycles. The third kappa shape index (κ3) is 4.23. The van der Waals surface area contributed by atoms with Crippen molar-refractivity contribution in [3.63, 3.8) is 0 Å². The Bertz CT molecular complexity index is 480. The molecule has 1 fully saturated rings. The lowest BCUT2D eigenvalue weighted by atomic mass is 9.85. The Hall–Kier alpha value is -1.55. The summed E-state index contributed by atoms with van der Waals surface area (Å²) in [5.74, 6) is 1.07. The monoisotopic (exact) mass is 304 g/mol. The highest BCUT2D eigenvalue weighted by molar-refractivity contribution is 5.89. The van der Waals surface area contributed by atoms with Crippen LogP contribution in [0, 0.1) is 5.92 Å². The number of amides is 2. The van der Waals surface area contributed by atoms with E-state index in [-0.39, 0.29) is 18.7 Å². The number of anilines is 1. The zero-order valence-corrected chi connectivity index (χ0v) is 13.9. The fourth-order valence-electron chi connectivity index (χ4n) is 2.66. The molecule has 1 aromatic carbocycles. The Balaban J connectivity index is 1.99. The summed E-state index contributed by atoms with van der Waals surface area (Å²) in [5, 5.41) is 12.4. The van der Waals surface area contributed by atoms with E-state index in [1.807, 2.05) is 31.2 Å². The van der Waals surface area contributed by atoms with Crippen LogP contribution in [0.2, 0.25) is 0 Å². The van der Waals surface area contributed by atoms with Crippen molar-refractivity contribution in [3.8, 4) is 0 Å². The average Bonchev–Trinajstić information content (AvgIpc) is 2.45. The van der Waals surface area contributed by atoms with Crippen molar-refractivity contribution in [3.05, 3.63) is 29.8 Å². The van der Waals surface area contributed by atoms with E-state index in [4.69, 9.17) is 0 Å². The number of urea groups is 1. The van der Waals surface area contributed by atoms with Crippen molar-refractivity contribution in [2.45, 2.75) is 52.0 Å². The van der Waals surface area contributed by atoms with Gasteiger partial charge in [0.05, 0.1) is 12.6 Å². The second-order valence-corrected chi connectivity index (χ2v) is 6.69. The number of aliphatic hydroxyl groups excluding tert-OH is 1. The molecular weight excluding hydrogens is 276 g/mol. The number of hydrogen-bond acceptors (Lipinski definition) is 2. The molecule has 0 spiro atoms. The first-order chi connectivity index (χ1) is 10.5. The van der Waals surface area contributed by atoms with Gasteiger partial charge in [0.2, 0.25) is 0 Å². The van der Waals surface area contributed by atoms with Gasteiger partial charge >= 0.3 is 6.03 Å². The van der Waals surface area contributed by atoms with Crippen molar-refractivity contribution in [2.24, 2.45) is 5.92 Å². The lowest BCUT2D eigenvalue weighted by molar-refractivity contribution is 0.121. The van der Waals surface area contributed by atoms with Crippen molar-refractivity contribution < 1.29 is 9.90 Å². The molecular formula is C18H28N2O2. The third-order valence-electron chi connectivity index (χ3n) is 4.57. The first-order valence-electron chi connectivity index (χ1n) is 8.29. The fraction of sp³-hybridized carbons (Fsp3) is 0.611. The van der Waals surface area contributed by atoms with E-state index < -0.39 is 0 Å². The van der Waals surface area contributed by atoms with Gasteiger partial charge < -0.3 is 15.3 Å². The topological polar surface area (TPSA) is 52.6 Å². The Labute approximate surface area is 133 Å². The van der Waals surface area contributed by atoms with E-state index in [0.717, 1.165) is 12.2 Å². The van der Waals surface area contributed by atoms with Crippen LogP contribution >= 0.6 is 0 Å². The number of carbonyl (C=O) groups excluding carboxylic acids is 1. The third-order valence-corrected chi connectivity index (χ3v) is 4.57. The summed E-state index contributed by atoms with van der Waals surface area (Å²) in [5.41, 5.74) is 2.06. The molecule has 122 valence electrons. The Morgan fingerprint density at radius 2 is 1.91 bits per heavy atom. The van der Waals surface area contributed by atoms with Crippen LogP contribution in [0.3, 0.4) is 0 Å². The zero-order valence-electron chi connectivity index (χ0n) is 13.9. The van der Waals surface area contributed by atoms with Gasteiger partial charge in [-0.3, -0.25) is 0 Å². The highest BCUT2D eigenvalue weighted by Crippen LogP contribution is 2.28. The number of hydrogen-bond donors (Lipinski definition) is 2. The van der Waals surface area contributed by atoms with E-state index in [0.29, 0.717) is 11.8 Å². The van der Waals surface area contributed by atoms with Crippen LogP contribution in [-0.2, 0) is 0 Å². The van der Waals surface area contributed by atoms with E-state index in [2.05, 4.69) is 19.2 Å². The fourth-order valence-corrected chi connectivity index (χ4v) is 2.66. The first-order valence-corrected chi connectivity index (χ1v) is 8.29. The van der Waals surface area contributed by atoms with Gasteiger partial charge in [-0.15, -0.1) is 0 Å². The summed E-state index contributed by atoms with van der Waals surface area (Å²) in [6, 6.07) is 7.70. The quantitative estimate of drug-likeness (QED) is 0.839. The maximum absolute atomic E-state index is 12.5. The molecule has 1 aliphatic carbocycles. The van der Waals surface area contributed by atoms with Crippen LogP contribution in [0.1, 0.15) is 51.5 Å². The smallest absolute Gasteiger partial charge is 0.322 e. The van der Waals surface area contributed by atoms with Gasteiger partial charge in [-0.05, 0) is 49.3 Å². The Morgan fingerprint density at radius 1 is 1.27 bits per heavy atom. The minimum Gasteiger partial charge on any atom is -0.394 e. The predicted octanol–water partition coefficient (Wildman–Crippen LogP) is 3.82. The summed E-state index contributed by atoms with van der Waals surface area (Å²) >= 11 is 0. The van der Waals surface area contributed by atoms with Crippen LogP contribution in [0.4, 0.5) is 10.5 Å². The Kier molecular flexibility index (Phi) is 5.83. The molecule has 2 N–H and O–H groups in total. The summed E-state index contributed by atoms with van der Waals surface area (Å²) in [6.07, 6.45) is 3.63. The van der Waals surface area contributed by atoms with Crippen molar-refractivity contribution in [1.82, 2.24) is 4.90 Å². The molecule has 1 saturated carbocycles. The lowest BCUT2D eigenvalue weighted by Crippen LogP contribution is -2.46. The van der Waals surface area contributed by atoms with Gasteiger partial charge in [0.1, 0.15) is 0 Å². The van der Waals surface area contributed by atoms with Crippen molar-refractivity contribution >= 4 is 11.7 Å². The summed E-state index contributed by atoms with van der Waals surface area (Å²) < 4.78 is 0. The molecule has 1 atom stereocenters. The van der Waals surface area contributed by atoms with E-state index in [1.54, 1.807) is 4.90 Å². The molecule has 1 aromatic rings. The minimum atomic E-state index is -0.157. The second-order valence-electron chi connectivity index (χ2n) is 6.69. The van der Waals surface area contributed by atoms with Crippen LogP contribution in [-0.4, -0.2) is 35.2 Å². The van der Waals surface area contributed by atoms with E-state index in [9.17, 15) is 9.90 Å². The molecule has 2 rings (SSSR count). The van der Waals surface area contributed by atoms with Gasteiger partial charge in [-0.1, -0.05) is 32.4 Å². The number of carbonyl (C=O) groups is 1. The Morgan fingerprint density at radius 3 is 2.36 bits per heavy atom. The maximum Gasteiger partial charge on any atom is 0.322 e. The van der Waals surface area contributed by atoms with Gasteiger partial charge in [0.25, 0.3) is 0 Å². The second kappa shape index (κ2) is 7.63. The molecule has 22 heavy (non-hydrogen) atoms. The van der Waals surface area contributed by atoms with Gasteiger partial charge in [0, 0.05) is 12.2 Å². The number of nitrogens with zero attached hydrogens (tertiary/aromatic N) is 1. The molecule has 0 bridgehead atoms. The van der Waals surface area contributed by atoms with E-state index in [1.165, 1.54) is 24.8 Å². The standard InChI is InChI=1S/C18H28N2O2/c1-13(2)16-7-9-17(10-8-16)19-18(22)20(14(3)12-21)11-15-5-4-6-15/h7-10,13-15,21H,4-6,11-12H2,1-3H3,(H,19,22). The van der Waals surface area contributed by atoms with E-state index >= 15 is 0 Å². The molecule has 1 aliphatic rings. The summed E-state index contributed by atoms with van der Waals surface area (Å²) in [7, 11) is 0. The largest absolute Gasteiger partial charge is 0.394 e. The highest BCUT2D eigenvalue weighted by atomic mass is 16.3. The minimum absolute atomic E-state index is 0.00751. The van der Waals surface area contributed by atoms with Crippen molar-refractivity contribution in [2.75, 3.05) is 18.5 Å². The van der Waals surface area contributed by atoms with Gasteiger partial charge in [0.15, 0.2) is 0 Å². The lowest BCUT2D eigenvalue weighted by Gasteiger charge is -2.35. The van der Waals surface area contributed by atoms with Crippen LogP contribution in [0.5, 0.6) is 0 Å². The summed E-state index contributed by atoms with van der Waals surface area (Å²) in [6.45, 7) is 6.91. The molecule has 0 heterocycles. The molecule has 1 unspecified atom stereocenters. The molecule has 0 radical (unpaired) electrons. The number of nitrogens with one attached hydrogen (secondary N) is 1. The SMILES string of the molecule is CC(C)c1ccc(NC(=O)N(CC2CCC2)C(C)CO)cc1. The molecule has 0 saturated heterocycles. The average molecular weight is 304 g/mol. The van der Waals surface area contributed by atoms with Gasteiger partial charge in [-0.2, -0.15) is 0 Å². The molecule has 0 aliphatic heterocycles. The highest BCUT2D eigenvalue weighted by Gasteiger charge is 2.26. The van der Waals surface area contributed by atoms with Crippen molar-refractivity contribution in [1.29, 1.82) is 0 Å². The van der Waals surface area contributed by atoms with Gasteiger partial charge in [-0.25, -0.2) is 4.79 Å². The zero-order chi connectivity index (χ0) is 16.1. The summed E-state index contributed by atoms with van der Waals surface area (Å²) in [4.78, 5) is 14.3.